The van der Waals surface area contributed by atoms with Crippen molar-refractivity contribution in [2.45, 2.75) is 277 Å². The van der Waals surface area contributed by atoms with Crippen molar-refractivity contribution >= 4 is 19.8 Å². The fourth-order valence-electron chi connectivity index (χ4n) is 8.70. The summed E-state index contributed by atoms with van der Waals surface area (Å²) in [6, 6.07) is 0. The molecule has 0 aromatic rings. The Labute approximate surface area is 481 Å². The molecule has 1 N–H and O–H groups in total. The number of likely N-dealkylation sites (N-methyl/N-ethyl adjacent to an activating group) is 1. The van der Waals surface area contributed by atoms with Gasteiger partial charge in [-0.2, -0.15) is 0 Å². The molecule has 0 saturated carbocycles. The third kappa shape index (κ3) is 62.1. The molecule has 78 heavy (non-hydrogen) atoms. The van der Waals surface area contributed by atoms with Crippen LogP contribution in [0, 0.1) is 0 Å². The Kier molecular flexibility index (Phi) is 56.3. The van der Waals surface area contributed by atoms with E-state index in [-0.39, 0.29) is 32.0 Å². The summed E-state index contributed by atoms with van der Waals surface area (Å²) in [4.78, 5) is 35.8. The third-order valence-electron chi connectivity index (χ3n) is 13.6. The van der Waals surface area contributed by atoms with Crippen LogP contribution < -0.4 is 0 Å². The fraction of sp³-hybridized carbons (Fsp3) is 0.735. The standard InChI is InChI=1S/C68H120NO8P/c1-6-8-10-12-14-16-18-20-22-24-26-28-29-30-31-32-33-34-35-36-37-38-39-41-42-44-46-48-50-52-54-56-58-60-67(70)74-64-66(65-76-78(72,73)75-63-62-69(3,4)5)77-68(71)61-59-57-55-53-51-49-47-45-43-40-27-25-23-21-19-17-15-13-11-9-7-2/h9,11,15,17-18,20-21,23-24,26-27,29-30,40,45,47,66H,6-8,10,12-14,16,19,22,25,28,31-39,41-44,46,48-65H2,1-5H3/p+1/b11-9-,17-15-,20-18-,23-21-,26-24-,30-29-,40-27-,47-45-. The van der Waals surface area contributed by atoms with Crippen LogP contribution in [0.5, 0.6) is 0 Å². The van der Waals surface area contributed by atoms with Gasteiger partial charge in [0.2, 0.25) is 0 Å². The van der Waals surface area contributed by atoms with Crippen molar-refractivity contribution in [3.63, 3.8) is 0 Å². The van der Waals surface area contributed by atoms with E-state index < -0.39 is 26.5 Å². The van der Waals surface area contributed by atoms with Crippen molar-refractivity contribution in [3.05, 3.63) is 97.2 Å². The molecule has 10 heteroatoms. The van der Waals surface area contributed by atoms with Crippen LogP contribution in [-0.2, 0) is 32.7 Å². The number of esters is 2. The summed E-state index contributed by atoms with van der Waals surface area (Å²) < 4.78 is 34.6. The molecule has 0 rings (SSSR count). The van der Waals surface area contributed by atoms with Gasteiger partial charge in [-0.3, -0.25) is 18.6 Å². The van der Waals surface area contributed by atoms with Gasteiger partial charge in [-0.05, 0) is 96.3 Å². The second-order valence-corrected chi connectivity index (χ2v) is 23.9. The van der Waals surface area contributed by atoms with Crippen molar-refractivity contribution in [1.29, 1.82) is 0 Å². The normalized spacial score (nSPS) is 13.9. The Morgan fingerprint density at radius 2 is 0.731 bits per heavy atom. The summed E-state index contributed by atoms with van der Waals surface area (Å²) in [5.74, 6) is -0.817. The van der Waals surface area contributed by atoms with Crippen molar-refractivity contribution < 1.29 is 42.1 Å². The van der Waals surface area contributed by atoms with Crippen LogP contribution in [0.4, 0.5) is 0 Å². The van der Waals surface area contributed by atoms with Gasteiger partial charge in [0.1, 0.15) is 19.8 Å². The minimum atomic E-state index is -4.40. The van der Waals surface area contributed by atoms with Gasteiger partial charge >= 0.3 is 19.8 Å². The Balaban J connectivity index is 4.08. The number of ether oxygens (including phenoxy) is 2. The number of nitrogens with zero attached hydrogens (tertiary/aromatic N) is 1. The molecule has 450 valence electrons. The highest BCUT2D eigenvalue weighted by Gasteiger charge is 2.27. The number of phosphoric ester groups is 1. The van der Waals surface area contributed by atoms with Crippen LogP contribution in [0.15, 0.2) is 97.2 Å². The van der Waals surface area contributed by atoms with Crippen LogP contribution in [0.1, 0.15) is 271 Å². The van der Waals surface area contributed by atoms with Gasteiger partial charge in [0.15, 0.2) is 6.10 Å². The maximum absolute atomic E-state index is 12.8. The Bertz CT molecular complexity index is 1640. The number of carbonyl (C=O) groups is 2. The third-order valence-corrected chi connectivity index (χ3v) is 14.6. The first-order valence-corrected chi connectivity index (χ1v) is 33.5. The number of rotatable bonds is 58. The summed E-state index contributed by atoms with van der Waals surface area (Å²) >= 11 is 0. The highest BCUT2D eigenvalue weighted by Crippen LogP contribution is 2.43. The van der Waals surface area contributed by atoms with Gasteiger partial charge in [0.25, 0.3) is 0 Å². The molecule has 0 saturated heterocycles. The molecule has 0 spiro atoms. The second-order valence-electron chi connectivity index (χ2n) is 22.4. The molecule has 0 amide bonds. The predicted molar refractivity (Wildman–Crippen MR) is 335 cm³/mol. The van der Waals surface area contributed by atoms with Crippen molar-refractivity contribution in [2.75, 3.05) is 47.5 Å². The van der Waals surface area contributed by atoms with E-state index in [9.17, 15) is 19.0 Å². The van der Waals surface area contributed by atoms with E-state index in [0.29, 0.717) is 17.4 Å². The zero-order valence-electron chi connectivity index (χ0n) is 51.1. The Morgan fingerprint density at radius 3 is 1.09 bits per heavy atom. The molecule has 0 bridgehead atoms. The number of carbonyl (C=O) groups excluding carboxylic acids is 2. The summed E-state index contributed by atoms with van der Waals surface area (Å²) in [7, 11) is 1.46. The van der Waals surface area contributed by atoms with Crippen molar-refractivity contribution in [1.82, 2.24) is 0 Å². The highest BCUT2D eigenvalue weighted by molar-refractivity contribution is 7.47. The second kappa shape index (κ2) is 58.6. The lowest BCUT2D eigenvalue weighted by atomic mass is 10.0. The van der Waals surface area contributed by atoms with Gasteiger partial charge in [-0.1, -0.05) is 259 Å². The first kappa shape index (κ1) is 74.9. The van der Waals surface area contributed by atoms with Gasteiger partial charge < -0.3 is 18.9 Å². The lowest BCUT2D eigenvalue weighted by molar-refractivity contribution is -0.870. The number of quaternary nitrogens is 1. The Morgan fingerprint density at radius 1 is 0.410 bits per heavy atom. The first-order valence-electron chi connectivity index (χ1n) is 32.0. The maximum Gasteiger partial charge on any atom is 0.472 e. The summed E-state index contributed by atoms with van der Waals surface area (Å²) in [5.41, 5.74) is 0. The summed E-state index contributed by atoms with van der Waals surface area (Å²) in [6.07, 6.45) is 80.7. The molecule has 0 fully saturated rings. The first-order chi connectivity index (χ1) is 38.0. The molecule has 0 heterocycles. The minimum Gasteiger partial charge on any atom is -0.462 e. The SMILES string of the molecule is CC/C=C\C/C=C\C/C=C\C/C=C\C/C=C\CCCCCCCC(=O)OC(COC(=O)CCCCCCCCCCCCCCCCCCCC/C=C\C/C=C\C/C=C\CCCCCCC)COP(=O)(O)OCC[N+](C)(C)C. The van der Waals surface area contributed by atoms with Crippen LogP contribution in [-0.4, -0.2) is 74.9 Å². The lowest BCUT2D eigenvalue weighted by Crippen LogP contribution is -2.37. The van der Waals surface area contributed by atoms with Crippen molar-refractivity contribution in [2.24, 2.45) is 0 Å². The zero-order valence-corrected chi connectivity index (χ0v) is 52.0. The van der Waals surface area contributed by atoms with E-state index in [0.717, 1.165) is 96.3 Å². The molecule has 0 aliphatic carbocycles. The lowest BCUT2D eigenvalue weighted by Gasteiger charge is -2.24. The topological polar surface area (TPSA) is 108 Å². The van der Waals surface area contributed by atoms with E-state index in [1.165, 1.54) is 141 Å². The zero-order chi connectivity index (χ0) is 57.0. The van der Waals surface area contributed by atoms with Crippen LogP contribution in [0.3, 0.4) is 0 Å². The number of hydrogen-bond donors (Lipinski definition) is 1. The van der Waals surface area contributed by atoms with Gasteiger partial charge in [0.05, 0.1) is 27.7 Å². The molecule has 0 radical (unpaired) electrons. The minimum absolute atomic E-state index is 0.0238. The molecule has 0 aromatic carbocycles. The number of phosphoric acid groups is 1. The fourth-order valence-corrected chi connectivity index (χ4v) is 9.44. The highest BCUT2D eigenvalue weighted by atomic mass is 31.2. The van der Waals surface area contributed by atoms with Gasteiger partial charge in [-0.15, -0.1) is 0 Å². The summed E-state index contributed by atoms with van der Waals surface area (Å²) in [6.45, 7) is 4.30. The van der Waals surface area contributed by atoms with E-state index in [2.05, 4.69) is 111 Å². The van der Waals surface area contributed by atoms with Crippen LogP contribution in [0.25, 0.3) is 0 Å². The molecule has 0 aliphatic heterocycles. The maximum atomic E-state index is 12.8. The largest absolute Gasteiger partial charge is 0.472 e. The molecule has 0 aromatic heterocycles. The number of unbranched alkanes of at least 4 members (excludes halogenated alkanes) is 28. The Hall–Kier alpha value is -3.07. The van der Waals surface area contributed by atoms with E-state index in [4.69, 9.17) is 18.5 Å². The smallest absolute Gasteiger partial charge is 0.462 e. The van der Waals surface area contributed by atoms with E-state index >= 15 is 0 Å². The van der Waals surface area contributed by atoms with Crippen molar-refractivity contribution in [3.8, 4) is 0 Å². The van der Waals surface area contributed by atoms with E-state index in [1.807, 2.05) is 21.1 Å². The molecule has 2 unspecified atom stereocenters. The molecular weight excluding hydrogens is 990 g/mol. The molecule has 2 atom stereocenters. The van der Waals surface area contributed by atoms with Crippen LogP contribution in [0.2, 0.25) is 0 Å². The molecular formula is C68H121NO8P+. The van der Waals surface area contributed by atoms with E-state index in [1.54, 1.807) is 0 Å². The number of allylic oxidation sites excluding steroid dienone is 16. The average Bonchev–Trinajstić information content (AvgIpc) is 3.41. The predicted octanol–water partition coefficient (Wildman–Crippen LogP) is 20.4. The quantitative estimate of drug-likeness (QED) is 0.0211. The van der Waals surface area contributed by atoms with Gasteiger partial charge in [0, 0.05) is 12.8 Å². The monoisotopic (exact) mass is 1110 g/mol. The molecule has 0 aliphatic rings. The summed E-state index contributed by atoms with van der Waals surface area (Å²) in [5, 5.41) is 0. The van der Waals surface area contributed by atoms with Gasteiger partial charge in [-0.25, -0.2) is 4.57 Å². The number of hydrogen-bond acceptors (Lipinski definition) is 7. The average molecular weight is 1110 g/mol. The van der Waals surface area contributed by atoms with Crippen LogP contribution >= 0.6 is 7.82 Å². The molecule has 9 nitrogen and oxygen atoms in total.